The van der Waals surface area contributed by atoms with Gasteiger partial charge in [0.15, 0.2) is 0 Å². The summed E-state index contributed by atoms with van der Waals surface area (Å²) in [6.45, 7) is 0.169. The maximum absolute atomic E-state index is 14.2. The molecule has 0 bridgehead atoms. The van der Waals surface area contributed by atoms with Crippen LogP contribution in [0.15, 0.2) is 58.0 Å². The van der Waals surface area contributed by atoms with Crippen LogP contribution in [0.3, 0.4) is 0 Å². The first-order chi connectivity index (χ1) is 15.0. The summed E-state index contributed by atoms with van der Waals surface area (Å²) in [6, 6.07) is 11.0. The van der Waals surface area contributed by atoms with Crippen LogP contribution in [0.25, 0.3) is 22.1 Å². The molecule has 0 atom stereocenters. The number of cyclic esters (lactones) is 1. The summed E-state index contributed by atoms with van der Waals surface area (Å²) in [6.07, 6.45) is 0.708. The molecule has 2 aromatic carbocycles. The van der Waals surface area contributed by atoms with Crippen LogP contribution in [0.2, 0.25) is 0 Å². The van der Waals surface area contributed by atoms with Gasteiger partial charge in [-0.3, -0.25) is 19.1 Å². The lowest BCUT2D eigenvalue weighted by Crippen LogP contribution is -2.28. The van der Waals surface area contributed by atoms with Crippen molar-refractivity contribution in [2.45, 2.75) is 6.54 Å². The number of nitrogens with one attached hydrogen (secondary N) is 1. The number of nitrogens with zero attached hydrogens (tertiary/aromatic N) is 3. The highest BCUT2D eigenvalue weighted by Crippen LogP contribution is 2.26. The number of ether oxygens (including phenoxy) is 1. The summed E-state index contributed by atoms with van der Waals surface area (Å²) in [4.78, 5) is 42.5. The predicted molar refractivity (Wildman–Crippen MR) is 109 cm³/mol. The van der Waals surface area contributed by atoms with Crippen molar-refractivity contribution in [1.82, 2.24) is 9.55 Å². The number of hydrogen-bond acceptors (Lipinski definition) is 6. The van der Waals surface area contributed by atoms with Crippen molar-refractivity contribution in [2.75, 3.05) is 23.4 Å². The van der Waals surface area contributed by atoms with Gasteiger partial charge in [-0.05, 0) is 30.3 Å². The van der Waals surface area contributed by atoms with Gasteiger partial charge in [-0.15, -0.1) is 0 Å². The second-order valence-electron chi connectivity index (χ2n) is 6.93. The van der Waals surface area contributed by atoms with Crippen LogP contribution in [-0.4, -0.2) is 34.7 Å². The van der Waals surface area contributed by atoms with E-state index in [0.29, 0.717) is 28.7 Å². The van der Waals surface area contributed by atoms with E-state index in [2.05, 4.69) is 10.3 Å². The molecular weight excluding hydrogens is 407 g/mol. The average Bonchev–Trinajstić information content (AvgIpc) is 3.36. The number of carbonyl (C=O) groups excluding carboxylic acids is 2. The molecule has 0 spiro atoms. The van der Waals surface area contributed by atoms with Crippen LogP contribution < -0.4 is 15.8 Å². The molecule has 5 rings (SSSR count). The first-order valence-corrected chi connectivity index (χ1v) is 9.41. The second-order valence-corrected chi connectivity index (χ2v) is 6.93. The third-order valence-corrected chi connectivity index (χ3v) is 4.96. The van der Waals surface area contributed by atoms with Gasteiger partial charge in [0.25, 0.3) is 5.56 Å². The minimum absolute atomic E-state index is 0.0391. The number of halogens is 1. The van der Waals surface area contributed by atoms with Crippen molar-refractivity contribution in [3.05, 3.63) is 65.0 Å². The zero-order valence-electron chi connectivity index (χ0n) is 16.0. The van der Waals surface area contributed by atoms with Crippen molar-refractivity contribution in [3.63, 3.8) is 0 Å². The molecule has 0 radical (unpaired) electrons. The summed E-state index contributed by atoms with van der Waals surface area (Å²) < 4.78 is 25.8. The van der Waals surface area contributed by atoms with Gasteiger partial charge in [0.2, 0.25) is 11.5 Å². The van der Waals surface area contributed by atoms with Gasteiger partial charge >= 0.3 is 6.09 Å². The molecule has 1 fully saturated rings. The van der Waals surface area contributed by atoms with E-state index in [9.17, 15) is 18.8 Å². The van der Waals surface area contributed by atoms with Crippen LogP contribution in [0.4, 0.5) is 20.6 Å². The summed E-state index contributed by atoms with van der Waals surface area (Å²) in [7, 11) is 0. The number of furan rings is 1. The number of para-hydroxylation sites is 1. The molecule has 9 nitrogen and oxygen atoms in total. The monoisotopic (exact) mass is 422 g/mol. The van der Waals surface area contributed by atoms with Crippen LogP contribution in [0.1, 0.15) is 0 Å². The third-order valence-electron chi connectivity index (χ3n) is 4.96. The Bertz CT molecular complexity index is 1410. The molecule has 0 saturated carbocycles. The number of carbonyl (C=O) groups is 2. The summed E-state index contributed by atoms with van der Waals surface area (Å²) in [5.41, 5.74) is 0.717. The summed E-state index contributed by atoms with van der Waals surface area (Å²) in [5, 5.41) is 3.13. The Morgan fingerprint density at radius 3 is 2.84 bits per heavy atom. The van der Waals surface area contributed by atoms with Crippen molar-refractivity contribution >= 4 is 45.4 Å². The first-order valence-electron chi connectivity index (χ1n) is 9.41. The Kier molecular flexibility index (Phi) is 4.39. The highest BCUT2D eigenvalue weighted by atomic mass is 19.1. The zero-order chi connectivity index (χ0) is 21.5. The third kappa shape index (κ3) is 3.27. The van der Waals surface area contributed by atoms with Crippen LogP contribution in [0.5, 0.6) is 0 Å². The summed E-state index contributed by atoms with van der Waals surface area (Å²) >= 11 is 0. The molecule has 2 aromatic heterocycles. The number of anilines is 2. The normalized spacial score (nSPS) is 13.7. The van der Waals surface area contributed by atoms with Crippen molar-refractivity contribution < 1.29 is 23.1 Å². The molecule has 1 N–H and O–H groups in total. The SMILES string of the molecule is O=C(Cn1cnc2c(oc3ccccc32)c1=O)Nc1cc(N2CCOC2=O)ccc1F. The van der Waals surface area contributed by atoms with Crippen molar-refractivity contribution in [2.24, 2.45) is 0 Å². The molecular formula is C21H15FN4O5. The first kappa shape index (κ1) is 18.8. The Balaban J connectivity index is 1.40. The molecule has 0 unspecified atom stereocenters. The smallest absolute Gasteiger partial charge is 0.414 e. The van der Waals surface area contributed by atoms with E-state index in [1.807, 2.05) is 6.07 Å². The maximum atomic E-state index is 14.2. The molecule has 0 aliphatic carbocycles. The highest BCUT2D eigenvalue weighted by molar-refractivity contribution is 6.02. The Labute approximate surface area is 173 Å². The van der Waals surface area contributed by atoms with Crippen molar-refractivity contribution in [1.29, 1.82) is 0 Å². The van der Waals surface area contributed by atoms with Crippen LogP contribution in [0, 0.1) is 5.82 Å². The number of benzene rings is 2. The number of rotatable bonds is 4. The maximum Gasteiger partial charge on any atom is 0.414 e. The summed E-state index contributed by atoms with van der Waals surface area (Å²) in [5.74, 6) is -1.32. The van der Waals surface area contributed by atoms with Gasteiger partial charge in [0, 0.05) is 11.1 Å². The van der Waals surface area contributed by atoms with Gasteiger partial charge in [0.1, 0.15) is 30.1 Å². The molecule has 1 aliphatic heterocycles. The number of aromatic nitrogens is 2. The molecule has 10 heteroatoms. The molecule has 31 heavy (non-hydrogen) atoms. The van der Waals surface area contributed by atoms with Gasteiger partial charge in [-0.2, -0.15) is 0 Å². The fraction of sp³-hybridized carbons (Fsp3) is 0.143. The van der Waals surface area contributed by atoms with Gasteiger partial charge in [-0.25, -0.2) is 14.2 Å². The minimum Gasteiger partial charge on any atom is -0.448 e. The Hall–Kier alpha value is -4.21. The van der Waals surface area contributed by atoms with Crippen LogP contribution >= 0.6 is 0 Å². The molecule has 1 saturated heterocycles. The molecule has 156 valence electrons. The predicted octanol–water partition coefficient (Wildman–Crippen LogP) is 2.88. The molecule has 4 aromatic rings. The standard InChI is InChI=1S/C21H15FN4O5/c22-14-6-5-12(26-7-8-30-21(26)29)9-15(14)24-17(27)10-25-11-23-18-13-3-1-2-4-16(13)31-19(18)20(25)28/h1-6,9,11H,7-8,10H2,(H,24,27). The fourth-order valence-corrected chi connectivity index (χ4v) is 3.48. The van der Waals surface area contributed by atoms with E-state index >= 15 is 0 Å². The number of fused-ring (bicyclic) bond motifs is 3. The van der Waals surface area contributed by atoms with E-state index in [1.165, 1.54) is 23.4 Å². The topological polar surface area (TPSA) is 107 Å². The second kappa shape index (κ2) is 7.24. The molecule has 1 aliphatic rings. The lowest BCUT2D eigenvalue weighted by atomic mass is 10.2. The van der Waals surface area contributed by atoms with Crippen LogP contribution in [-0.2, 0) is 16.1 Å². The number of amides is 2. The lowest BCUT2D eigenvalue weighted by molar-refractivity contribution is -0.116. The van der Waals surface area contributed by atoms with Crippen molar-refractivity contribution in [3.8, 4) is 0 Å². The van der Waals surface area contributed by atoms with E-state index in [1.54, 1.807) is 18.2 Å². The largest absolute Gasteiger partial charge is 0.448 e. The average molecular weight is 422 g/mol. The van der Waals surface area contributed by atoms with E-state index in [4.69, 9.17) is 9.15 Å². The highest BCUT2D eigenvalue weighted by Gasteiger charge is 2.24. The van der Waals surface area contributed by atoms with Gasteiger partial charge in [-0.1, -0.05) is 12.1 Å². The Morgan fingerprint density at radius 2 is 2.03 bits per heavy atom. The quantitative estimate of drug-likeness (QED) is 0.542. The fourth-order valence-electron chi connectivity index (χ4n) is 3.48. The minimum atomic E-state index is -0.678. The van der Waals surface area contributed by atoms with Gasteiger partial charge < -0.3 is 14.5 Å². The number of hydrogen-bond donors (Lipinski definition) is 1. The van der Waals surface area contributed by atoms with E-state index in [-0.39, 0.29) is 17.9 Å². The molecule has 2 amide bonds. The Morgan fingerprint density at radius 1 is 1.19 bits per heavy atom. The molecule has 3 heterocycles. The van der Waals surface area contributed by atoms with Gasteiger partial charge in [0.05, 0.1) is 18.6 Å². The lowest BCUT2D eigenvalue weighted by Gasteiger charge is -2.15. The van der Waals surface area contributed by atoms with E-state index in [0.717, 1.165) is 10.6 Å². The zero-order valence-corrected chi connectivity index (χ0v) is 16.0. The van der Waals surface area contributed by atoms with E-state index < -0.39 is 29.9 Å².